The minimum atomic E-state index is -0.409. The second-order valence-corrected chi connectivity index (χ2v) is 10.3. The van der Waals surface area contributed by atoms with E-state index < -0.39 is 4.92 Å². The molecule has 0 radical (unpaired) electrons. The topological polar surface area (TPSA) is 73.6 Å². The molecule has 0 heterocycles. The maximum absolute atomic E-state index is 10.8. The summed E-state index contributed by atoms with van der Waals surface area (Å²) in [7, 11) is 0. The molecule has 6 nitrogen and oxygen atoms in total. The number of nitrogens with zero attached hydrogens (tertiary/aromatic N) is 1. The first kappa shape index (κ1) is 22.5. The average molecular weight is 471 g/mol. The van der Waals surface area contributed by atoms with Crippen molar-refractivity contribution in [1.29, 1.82) is 0 Å². The maximum Gasteiger partial charge on any atom is 0.269 e. The van der Waals surface area contributed by atoms with Crippen LogP contribution in [0.1, 0.15) is 50.2 Å². The van der Waals surface area contributed by atoms with Crippen molar-refractivity contribution in [3.05, 3.63) is 62.7 Å². The maximum atomic E-state index is 10.8. The first-order valence-electron chi connectivity index (χ1n) is 12.0. The molecule has 4 fully saturated rings. The van der Waals surface area contributed by atoms with Gasteiger partial charge in [0.25, 0.3) is 5.69 Å². The molecule has 0 aliphatic heterocycles. The molecular weight excluding hydrogens is 440 g/mol. The van der Waals surface area contributed by atoms with Crippen LogP contribution in [0.5, 0.6) is 11.5 Å². The van der Waals surface area contributed by atoms with Crippen molar-refractivity contribution in [3.8, 4) is 11.5 Å². The normalized spacial score (nSPS) is 27.5. The zero-order valence-electron chi connectivity index (χ0n) is 19.0. The number of halogens is 1. The van der Waals surface area contributed by atoms with Gasteiger partial charge in [0, 0.05) is 35.8 Å². The third-order valence-electron chi connectivity index (χ3n) is 7.71. The molecule has 33 heavy (non-hydrogen) atoms. The highest BCUT2D eigenvalue weighted by Crippen LogP contribution is 2.53. The lowest BCUT2D eigenvalue weighted by Gasteiger charge is -2.54. The smallest absolute Gasteiger partial charge is 0.269 e. The van der Waals surface area contributed by atoms with Crippen LogP contribution in [-0.4, -0.2) is 17.6 Å². The number of rotatable bonds is 9. The Hall–Kier alpha value is -2.31. The summed E-state index contributed by atoms with van der Waals surface area (Å²) < 4.78 is 11.8. The van der Waals surface area contributed by atoms with Gasteiger partial charge in [0.15, 0.2) is 11.5 Å². The Balaban J connectivity index is 1.25. The van der Waals surface area contributed by atoms with E-state index in [4.69, 9.17) is 21.1 Å². The molecule has 4 bridgehead atoms. The monoisotopic (exact) mass is 470 g/mol. The Bertz CT molecular complexity index is 982. The minimum absolute atomic E-state index is 0.0628. The Kier molecular flexibility index (Phi) is 6.48. The zero-order chi connectivity index (χ0) is 22.9. The van der Waals surface area contributed by atoms with E-state index in [-0.39, 0.29) is 12.3 Å². The molecule has 2 aromatic rings. The van der Waals surface area contributed by atoms with Crippen LogP contribution < -0.4 is 14.8 Å². The number of nitrogens with one attached hydrogen (secondary N) is 1. The highest BCUT2D eigenvalue weighted by molar-refractivity contribution is 6.31. The Labute approximate surface area is 199 Å². The molecule has 176 valence electrons. The van der Waals surface area contributed by atoms with E-state index in [2.05, 4.69) is 5.32 Å². The predicted molar refractivity (Wildman–Crippen MR) is 128 cm³/mol. The largest absolute Gasteiger partial charge is 0.490 e. The number of ether oxygens (including phenoxy) is 2. The highest BCUT2D eigenvalue weighted by atomic mass is 35.5. The number of non-ortho nitro benzene ring substituents is 1. The summed E-state index contributed by atoms with van der Waals surface area (Å²) in [6.07, 6.45) is 7.01. The van der Waals surface area contributed by atoms with Crippen molar-refractivity contribution in [2.45, 2.75) is 58.2 Å². The number of benzene rings is 2. The summed E-state index contributed by atoms with van der Waals surface area (Å²) in [4.78, 5) is 10.4. The van der Waals surface area contributed by atoms with E-state index in [0.717, 1.165) is 41.3 Å². The van der Waals surface area contributed by atoms with Gasteiger partial charge >= 0.3 is 0 Å². The van der Waals surface area contributed by atoms with Crippen molar-refractivity contribution in [3.63, 3.8) is 0 Å². The molecule has 0 atom stereocenters. The van der Waals surface area contributed by atoms with Crippen LogP contribution in [0, 0.1) is 33.8 Å². The van der Waals surface area contributed by atoms with E-state index in [1.54, 1.807) is 12.1 Å². The van der Waals surface area contributed by atoms with Gasteiger partial charge in [0.05, 0.1) is 11.5 Å². The van der Waals surface area contributed by atoms with Gasteiger partial charge in [-0.1, -0.05) is 11.6 Å². The van der Waals surface area contributed by atoms with Gasteiger partial charge in [-0.15, -0.1) is 0 Å². The molecule has 0 unspecified atom stereocenters. The Morgan fingerprint density at radius 2 is 1.64 bits per heavy atom. The molecule has 4 aliphatic rings. The van der Waals surface area contributed by atoms with Crippen molar-refractivity contribution in [2.75, 3.05) is 6.61 Å². The molecular formula is C26H31ClN2O4. The molecule has 0 spiro atoms. The van der Waals surface area contributed by atoms with Crippen molar-refractivity contribution in [2.24, 2.45) is 23.7 Å². The summed E-state index contributed by atoms with van der Waals surface area (Å²) in [5.41, 5.74) is 1.93. The molecule has 2 aromatic carbocycles. The molecule has 0 amide bonds. The molecule has 0 aromatic heterocycles. The van der Waals surface area contributed by atoms with E-state index >= 15 is 0 Å². The van der Waals surface area contributed by atoms with E-state index in [1.807, 2.05) is 19.1 Å². The number of nitro groups is 1. The molecule has 4 saturated carbocycles. The lowest BCUT2D eigenvalue weighted by atomic mass is 9.54. The van der Waals surface area contributed by atoms with Crippen LogP contribution in [0.25, 0.3) is 0 Å². The Morgan fingerprint density at radius 3 is 2.24 bits per heavy atom. The van der Waals surface area contributed by atoms with Gasteiger partial charge in [-0.2, -0.15) is 0 Å². The van der Waals surface area contributed by atoms with E-state index in [9.17, 15) is 10.1 Å². The van der Waals surface area contributed by atoms with Crippen LogP contribution in [-0.2, 0) is 13.2 Å². The fraction of sp³-hybridized carbons (Fsp3) is 0.538. The Morgan fingerprint density at radius 1 is 1.00 bits per heavy atom. The number of hydrogen-bond donors (Lipinski definition) is 1. The summed E-state index contributed by atoms with van der Waals surface area (Å²) in [6, 6.07) is 10.8. The quantitative estimate of drug-likeness (QED) is 0.352. The average Bonchev–Trinajstić information content (AvgIpc) is 2.79. The van der Waals surface area contributed by atoms with Gasteiger partial charge in [-0.3, -0.25) is 10.1 Å². The van der Waals surface area contributed by atoms with Gasteiger partial charge in [0.1, 0.15) is 6.61 Å². The fourth-order valence-corrected chi connectivity index (χ4v) is 6.68. The highest BCUT2D eigenvalue weighted by Gasteiger charge is 2.47. The first-order chi connectivity index (χ1) is 16.0. The number of hydrogen-bond acceptors (Lipinski definition) is 5. The standard InChI is InChI=1S/C26H31ClN2O4/c1-2-32-24-12-21(14-28-26-19-8-17-7-18(10-19)11-20(26)9-17)23(27)13-25(24)33-15-16-3-5-22(6-4-16)29(30)31/h3-6,12-13,17-20,26,28H,2,7-11,14-15H2,1H3. The summed E-state index contributed by atoms with van der Waals surface area (Å²) in [5, 5.41) is 15.4. The van der Waals surface area contributed by atoms with Gasteiger partial charge in [-0.05, 0) is 92.0 Å². The van der Waals surface area contributed by atoms with Crippen LogP contribution in [0.4, 0.5) is 5.69 Å². The van der Waals surface area contributed by atoms with Crippen molar-refractivity contribution < 1.29 is 14.4 Å². The lowest BCUT2D eigenvalue weighted by Crippen LogP contribution is -2.54. The SMILES string of the molecule is CCOc1cc(CNC2C3CC4CC(C3)CC2C4)c(Cl)cc1OCc1ccc([N+](=O)[O-])cc1. The van der Waals surface area contributed by atoms with Crippen molar-refractivity contribution >= 4 is 17.3 Å². The number of nitro benzene ring substituents is 1. The molecule has 1 N–H and O–H groups in total. The van der Waals surface area contributed by atoms with Crippen LogP contribution in [0.3, 0.4) is 0 Å². The van der Waals surface area contributed by atoms with Gasteiger partial charge in [-0.25, -0.2) is 0 Å². The zero-order valence-corrected chi connectivity index (χ0v) is 19.7. The third kappa shape index (κ3) is 4.82. The van der Waals surface area contributed by atoms with E-state index in [1.165, 1.54) is 44.2 Å². The lowest BCUT2D eigenvalue weighted by molar-refractivity contribution is -0.384. The van der Waals surface area contributed by atoms with Gasteiger partial charge in [0.2, 0.25) is 0 Å². The second kappa shape index (κ2) is 9.51. The summed E-state index contributed by atoms with van der Waals surface area (Å²) in [5.74, 6) is 4.81. The molecule has 0 saturated heterocycles. The fourth-order valence-electron chi connectivity index (χ4n) is 6.46. The van der Waals surface area contributed by atoms with Crippen LogP contribution >= 0.6 is 11.6 Å². The van der Waals surface area contributed by atoms with Crippen LogP contribution in [0.15, 0.2) is 36.4 Å². The van der Waals surface area contributed by atoms with E-state index in [0.29, 0.717) is 29.2 Å². The summed E-state index contributed by atoms with van der Waals surface area (Å²) >= 11 is 6.66. The van der Waals surface area contributed by atoms with Crippen LogP contribution in [0.2, 0.25) is 5.02 Å². The molecule has 4 aliphatic carbocycles. The van der Waals surface area contributed by atoms with Crippen molar-refractivity contribution in [1.82, 2.24) is 5.32 Å². The predicted octanol–water partition coefficient (Wildman–Crippen LogP) is 6.14. The molecule has 6 rings (SSSR count). The molecule has 7 heteroatoms. The second-order valence-electron chi connectivity index (χ2n) is 9.87. The minimum Gasteiger partial charge on any atom is -0.490 e. The first-order valence-corrected chi connectivity index (χ1v) is 12.4. The summed E-state index contributed by atoms with van der Waals surface area (Å²) in [6.45, 7) is 3.48. The third-order valence-corrected chi connectivity index (χ3v) is 8.06. The van der Waals surface area contributed by atoms with Gasteiger partial charge < -0.3 is 14.8 Å².